The molecule has 1 aromatic rings. The maximum absolute atomic E-state index is 13.8. The highest BCUT2D eigenvalue weighted by Crippen LogP contribution is 2.59. The first kappa shape index (κ1) is 28.1. The molecule has 11 nitrogen and oxygen atoms in total. The lowest BCUT2D eigenvalue weighted by atomic mass is 9.98. The third-order valence-electron chi connectivity index (χ3n) is 8.98. The molecule has 5 rings (SSSR count). The van der Waals surface area contributed by atoms with Gasteiger partial charge in [0.2, 0.25) is 17.7 Å². The Labute approximate surface area is 234 Å². The number of carbonyl (C=O) groups is 5. The van der Waals surface area contributed by atoms with E-state index in [9.17, 15) is 24.0 Å². The van der Waals surface area contributed by atoms with E-state index in [1.165, 1.54) is 0 Å². The molecule has 4 aliphatic rings. The molecular weight excluding hydrogens is 514 g/mol. The first-order valence-electron chi connectivity index (χ1n) is 14.4. The fourth-order valence-electron chi connectivity index (χ4n) is 6.49. The number of rotatable bonds is 9. The molecule has 0 radical (unpaired) electrons. The van der Waals surface area contributed by atoms with Crippen molar-refractivity contribution in [1.29, 1.82) is 0 Å². The number of likely N-dealkylation sites (N-methyl/N-ethyl adjacent to an activating group) is 1. The van der Waals surface area contributed by atoms with Gasteiger partial charge in [-0.25, -0.2) is 0 Å². The number of nitrogens with one attached hydrogen (secondary N) is 4. The highest BCUT2D eigenvalue weighted by Gasteiger charge is 2.65. The van der Waals surface area contributed by atoms with E-state index in [1.807, 2.05) is 6.07 Å². The van der Waals surface area contributed by atoms with Gasteiger partial charge < -0.3 is 30.9 Å². The van der Waals surface area contributed by atoms with E-state index >= 15 is 0 Å². The van der Waals surface area contributed by atoms with Crippen LogP contribution in [-0.4, -0.2) is 77.9 Å². The van der Waals surface area contributed by atoms with Gasteiger partial charge in [0.1, 0.15) is 18.2 Å². The van der Waals surface area contributed by atoms with Crippen LogP contribution in [0.5, 0.6) is 0 Å². The SMILES string of the molecule is CN[C@@H](C)C(=O)N[C@H]1CCCC2CC23CC[C@@H](C(=O)NCc2cccc(C(=O)NC[C@@H]4CCC(=O)O4)c2)N3C1=O. The number of cyclic esters (lactones) is 1. The molecule has 216 valence electrons. The summed E-state index contributed by atoms with van der Waals surface area (Å²) in [5.41, 5.74) is 0.934. The fourth-order valence-corrected chi connectivity index (χ4v) is 6.49. The average Bonchev–Trinajstić information content (AvgIpc) is 3.25. The summed E-state index contributed by atoms with van der Waals surface area (Å²) in [6.45, 7) is 2.22. The summed E-state index contributed by atoms with van der Waals surface area (Å²) in [5.74, 6) is -0.726. The molecule has 1 aliphatic carbocycles. The van der Waals surface area contributed by atoms with E-state index in [0.29, 0.717) is 37.2 Å². The predicted octanol–water partition coefficient (Wildman–Crippen LogP) is 0.765. The Morgan fingerprint density at radius 1 is 1.12 bits per heavy atom. The number of nitrogens with zero attached hydrogens (tertiary/aromatic N) is 1. The average molecular weight is 554 g/mol. The van der Waals surface area contributed by atoms with Gasteiger partial charge in [0.05, 0.1) is 12.6 Å². The molecule has 3 heterocycles. The van der Waals surface area contributed by atoms with Crippen LogP contribution in [0.2, 0.25) is 0 Å². The number of hydrogen-bond donors (Lipinski definition) is 4. The van der Waals surface area contributed by atoms with Gasteiger partial charge in [0, 0.05) is 24.1 Å². The van der Waals surface area contributed by atoms with Crippen molar-refractivity contribution in [1.82, 2.24) is 26.2 Å². The highest BCUT2D eigenvalue weighted by molar-refractivity contribution is 5.95. The Morgan fingerprint density at radius 2 is 1.95 bits per heavy atom. The summed E-state index contributed by atoms with van der Waals surface area (Å²) in [5, 5.41) is 11.6. The molecule has 6 atom stereocenters. The first-order chi connectivity index (χ1) is 19.2. The largest absolute Gasteiger partial charge is 0.460 e. The minimum absolute atomic E-state index is 0.164. The van der Waals surface area contributed by atoms with Crippen molar-refractivity contribution in [2.45, 2.75) is 94.6 Å². The molecule has 2 unspecified atom stereocenters. The molecule has 3 aliphatic heterocycles. The lowest BCUT2D eigenvalue weighted by Gasteiger charge is -2.36. The van der Waals surface area contributed by atoms with E-state index in [-0.39, 0.29) is 54.3 Å². The zero-order chi connectivity index (χ0) is 28.4. The molecule has 0 aromatic heterocycles. The second-order valence-corrected chi connectivity index (χ2v) is 11.5. The molecule has 1 saturated carbocycles. The number of hydrogen-bond acceptors (Lipinski definition) is 7. The van der Waals surface area contributed by atoms with Crippen molar-refractivity contribution in [3.63, 3.8) is 0 Å². The topological polar surface area (TPSA) is 146 Å². The van der Waals surface area contributed by atoms with Crippen LogP contribution in [0.15, 0.2) is 24.3 Å². The van der Waals surface area contributed by atoms with Crippen LogP contribution in [0.3, 0.4) is 0 Å². The van der Waals surface area contributed by atoms with Crippen LogP contribution in [0.25, 0.3) is 0 Å². The summed E-state index contributed by atoms with van der Waals surface area (Å²) in [6, 6.07) is 5.36. The van der Waals surface area contributed by atoms with Crippen molar-refractivity contribution in [2.24, 2.45) is 5.92 Å². The number of esters is 1. The first-order valence-corrected chi connectivity index (χ1v) is 14.4. The van der Waals surface area contributed by atoms with E-state index < -0.39 is 18.1 Å². The van der Waals surface area contributed by atoms with Gasteiger partial charge in [-0.05, 0) is 76.1 Å². The molecule has 0 bridgehead atoms. The summed E-state index contributed by atoms with van der Waals surface area (Å²) in [7, 11) is 1.70. The Kier molecular flexibility index (Phi) is 8.11. The van der Waals surface area contributed by atoms with Gasteiger partial charge in [0.15, 0.2) is 0 Å². The van der Waals surface area contributed by atoms with E-state index in [1.54, 1.807) is 37.1 Å². The normalized spacial score (nSPS) is 29.8. The van der Waals surface area contributed by atoms with Crippen LogP contribution >= 0.6 is 0 Å². The van der Waals surface area contributed by atoms with Crippen molar-refractivity contribution in [3.8, 4) is 0 Å². The third-order valence-corrected chi connectivity index (χ3v) is 8.98. The maximum atomic E-state index is 13.8. The molecule has 11 heteroatoms. The third kappa shape index (κ3) is 5.70. The Bertz CT molecular complexity index is 1190. The van der Waals surface area contributed by atoms with Crippen LogP contribution in [-0.2, 0) is 30.5 Å². The smallest absolute Gasteiger partial charge is 0.306 e. The zero-order valence-electron chi connectivity index (χ0n) is 23.2. The number of amides is 4. The fraction of sp³-hybridized carbons (Fsp3) is 0.621. The van der Waals surface area contributed by atoms with Gasteiger partial charge in [-0.3, -0.25) is 24.0 Å². The summed E-state index contributed by atoms with van der Waals surface area (Å²) >= 11 is 0. The molecular formula is C29H39N5O6. The van der Waals surface area contributed by atoms with Crippen LogP contribution < -0.4 is 21.3 Å². The van der Waals surface area contributed by atoms with Gasteiger partial charge in [0.25, 0.3) is 5.91 Å². The molecule has 40 heavy (non-hydrogen) atoms. The van der Waals surface area contributed by atoms with Gasteiger partial charge in [-0.2, -0.15) is 0 Å². The summed E-state index contributed by atoms with van der Waals surface area (Å²) in [4.78, 5) is 65.5. The van der Waals surface area contributed by atoms with Gasteiger partial charge in [-0.15, -0.1) is 0 Å². The van der Waals surface area contributed by atoms with Crippen molar-refractivity contribution in [2.75, 3.05) is 13.6 Å². The summed E-state index contributed by atoms with van der Waals surface area (Å²) < 4.78 is 5.14. The lowest BCUT2D eigenvalue weighted by molar-refractivity contribution is -0.145. The standard InChI is InChI=1S/C29H39N5O6/c1-17(30-2)25(36)33-22-8-4-7-20-14-29(20)12-11-23(34(29)28(22)39)27(38)31-15-18-5-3-6-19(13-18)26(37)32-16-21-9-10-24(35)40-21/h3,5-6,13,17,20-23,30H,4,7-12,14-16H2,1-2H3,(H,31,38)(H,32,37)(H,33,36)/t17-,20?,21-,22-,23-,29?/m0/s1. The van der Waals surface area contributed by atoms with E-state index in [2.05, 4.69) is 21.3 Å². The van der Waals surface area contributed by atoms with Gasteiger partial charge >= 0.3 is 5.97 Å². The van der Waals surface area contributed by atoms with E-state index in [0.717, 1.165) is 31.2 Å². The second kappa shape index (κ2) is 11.6. The number of ether oxygens (including phenoxy) is 1. The minimum Gasteiger partial charge on any atom is -0.460 e. The van der Waals surface area contributed by atoms with Crippen LogP contribution in [0.4, 0.5) is 0 Å². The van der Waals surface area contributed by atoms with E-state index in [4.69, 9.17) is 4.74 Å². The van der Waals surface area contributed by atoms with Gasteiger partial charge in [-0.1, -0.05) is 18.6 Å². The second-order valence-electron chi connectivity index (χ2n) is 11.5. The number of benzene rings is 1. The van der Waals surface area contributed by atoms with Crippen molar-refractivity contribution < 1.29 is 28.7 Å². The molecule has 4 amide bonds. The van der Waals surface area contributed by atoms with Crippen molar-refractivity contribution >= 4 is 29.6 Å². The predicted molar refractivity (Wildman–Crippen MR) is 145 cm³/mol. The highest BCUT2D eigenvalue weighted by atomic mass is 16.5. The van der Waals surface area contributed by atoms with Crippen LogP contribution in [0, 0.1) is 5.92 Å². The quantitative estimate of drug-likeness (QED) is 0.330. The molecule has 1 spiro atoms. The Balaban J connectivity index is 1.21. The monoisotopic (exact) mass is 553 g/mol. The summed E-state index contributed by atoms with van der Waals surface area (Å²) in [6.07, 6.45) is 5.38. The maximum Gasteiger partial charge on any atom is 0.306 e. The lowest BCUT2D eigenvalue weighted by Crippen LogP contribution is -2.58. The molecule has 4 fully saturated rings. The Morgan fingerprint density at radius 3 is 2.70 bits per heavy atom. The minimum atomic E-state index is -0.641. The van der Waals surface area contributed by atoms with Crippen LogP contribution in [0.1, 0.15) is 74.2 Å². The Hall–Kier alpha value is -3.47. The zero-order valence-corrected chi connectivity index (χ0v) is 23.2. The molecule has 1 aromatic carbocycles. The molecule has 3 saturated heterocycles. The molecule has 4 N–H and O–H groups in total. The number of carbonyl (C=O) groups excluding carboxylic acids is 5. The van der Waals surface area contributed by atoms with Crippen molar-refractivity contribution in [3.05, 3.63) is 35.4 Å².